The Morgan fingerprint density at radius 3 is 2.65 bits per heavy atom. The van der Waals surface area contributed by atoms with Crippen molar-refractivity contribution in [3.05, 3.63) is 42.1 Å². The van der Waals surface area contributed by atoms with E-state index in [1.165, 1.54) is 24.5 Å². The average molecular weight is 472 g/mol. The summed E-state index contributed by atoms with van der Waals surface area (Å²) < 4.78 is 25.6. The van der Waals surface area contributed by atoms with Gasteiger partial charge in [-0.05, 0) is 50.8 Å². The van der Waals surface area contributed by atoms with Gasteiger partial charge in [-0.2, -0.15) is 0 Å². The lowest BCUT2D eigenvalue weighted by atomic mass is 9.99. The van der Waals surface area contributed by atoms with Crippen LogP contribution in [0.1, 0.15) is 37.0 Å². The third-order valence-corrected chi connectivity index (χ3v) is 6.67. The molecule has 1 amide bonds. The van der Waals surface area contributed by atoms with E-state index < -0.39 is 5.82 Å². The van der Waals surface area contributed by atoms with E-state index in [0.29, 0.717) is 17.5 Å². The van der Waals surface area contributed by atoms with Crippen molar-refractivity contribution in [2.45, 2.75) is 32.7 Å². The first-order chi connectivity index (χ1) is 16.4. The van der Waals surface area contributed by atoms with E-state index in [1.54, 1.807) is 18.1 Å². The van der Waals surface area contributed by atoms with Crippen LogP contribution in [0.15, 0.2) is 30.7 Å². The van der Waals surface area contributed by atoms with Gasteiger partial charge in [0.1, 0.15) is 17.9 Å². The van der Waals surface area contributed by atoms with Crippen molar-refractivity contribution in [2.75, 3.05) is 57.9 Å². The monoisotopic (exact) mass is 471 g/mol. The fourth-order valence-corrected chi connectivity index (χ4v) is 4.36. The number of halogens is 1. The number of hydrogen-bond acceptors (Lipinski definition) is 7. The molecule has 2 aliphatic rings. The molecule has 2 aliphatic heterocycles. The van der Waals surface area contributed by atoms with Gasteiger partial charge in [0.2, 0.25) is 0 Å². The first-order valence-corrected chi connectivity index (χ1v) is 12.0. The lowest BCUT2D eigenvalue weighted by Gasteiger charge is -2.38. The van der Waals surface area contributed by atoms with Crippen molar-refractivity contribution in [2.24, 2.45) is 5.92 Å². The normalized spacial score (nSPS) is 17.7. The molecular weight excluding hydrogens is 437 g/mol. The number of rotatable bonds is 7. The van der Waals surface area contributed by atoms with Crippen LogP contribution < -0.4 is 9.64 Å². The Kier molecular flexibility index (Phi) is 7.95. The molecule has 34 heavy (non-hydrogen) atoms. The Bertz CT molecular complexity index is 975. The van der Waals surface area contributed by atoms with Gasteiger partial charge in [-0.1, -0.05) is 0 Å². The molecule has 0 atom stereocenters. The van der Waals surface area contributed by atoms with Crippen LogP contribution in [0.4, 0.5) is 10.2 Å². The molecule has 0 N–H and O–H groups in total. The second-order valence-corrected chi connectivity index (χ2v) is 9.31. The number of nitrogens with zero attached hydrogens (tertiary/aromatic N) is 5. The first-order valence-electron chi connectivity index (χ1n) is 12.0. The van der Waals surface area contributed by atoms with Crippen LogP contribution in [0, 0.1) is 11.7 Å². The second kappa shape index (κ2) is 11.1. The van der Waals surface area contributed by atoms with Gasteiger partial charge >= 0.3 is 0 Å². The largest absolute Gasteiger partial charge is 0.451 e. The molecule has 8 nitrogen and oxygen atoms in total. The molecule has 2 fully saturated rings. The fraction of sp³-hybridized carbons (Fsp3) is 0.560. The van der Waals surface area contributed by atoms with Gasteiger partial charge in [0.15, 0.2) is 11.6 Å². The Balaban J connectivity index is 1.47. The number of ether oxygens (including phenoxy) is 2. The SMILES string of the molecule is CC(C)N(C)C(=O)c1cc(F)ccc1Oc1cncnc1N1CCN(CC2CCOCC2)CC1. The van der Waals surface area contributed by atoms with E-state index in [2.05, 4.69) is 19.8 Å². The number of carbonyl (C=O) groups is 1. The van der Waals surface area contributed by atoms with Crippen LogP contribution in [0.25, 0.3) is 0 Å². The van der Waals surface area contributed by atoms with E-state index in [9.17, 15) is 9.18 Å². The average Bonchev–Trinajstić information content (AvgIpc) is 2.85. The van der Waals surface area contributed by atoms with Crippen LogP contribution in [0.5, 0.6) is 11.5 Å². The third-order valence-electron chi connectivity index (χ3n) is 6.67. The van der Waals surface area contributed by atoms with E-state index in [0.717, 1.165) is 58.8 Å². The number of aromatic nitrogens is 2. The number of benzene rings is 1. The molecule has 4 rings (SSSR count). The van der Waals surface area contributed by atoms with Gasteiger partial charge in [-0.25, -0.2) is 14.4 Å². The molecule has 2 aromatic rings. The molecule has 3 heterocycles. The van der Waals surface area contributed by atoms with Crippen molar-refractivity contribution >= 4 is 11.7 Å². The van der Waals surface area contributed by atoms with Crippen molar-refractivity contribution in [3.8, 4) is 11.5 Å². The summed E-state index contributed by atoms with van der Waals surface area (Å²) in [6.45, 7) is 10.2. The molecule has 0 saturated carbocycles. The maximum atomic E-state index is 14.0. The summed E-state index contributed by atoms with van der Waals surface area (Å²) in [5.41, 5.74) is 0.173. The van der Waals surface area contributed by atoms with E-state index in [4.69, 9.17) is 9.47 Å². The molecule has 1 aromatic carbocycles. The summed E-state index contributed by atoms with van der Waals surface area (Å²) in [5, 5.41) is 0. The summed E-state index contributed by atoms with van der Waals surface area (Å²) in [7, 11) is 1.69. The van der Waals surface area contributed by atoms with E-state index in [-0.39, 0.29) is 23.3 Å². The predicted molar refractivity (Wildman–Crippen MR) is 128 cm³/mol. The van der Waals surface area contributed by atoms with Crippen molar-refractivity contribution in [3.63, 3.8) is 0 Å². The highest BCUT2D eigenvalue weighted by Gasteiger charge is 2.26. The zero-order valence-electron chi connectivity index (χ0n) is 20.2. The molecular formula is C25H34FN5O3. The van der Waals surface area contributed by atoms with E-state index >= 15 is 0 Å². The van der Waals surface area contributed by atoms with Gasteiger partial charge < -0.3 is 19.3 Å². The van der Waals surface area contributed by atoms with Crippen LogP contribution in [0.3, 0.4) is 0 Å². The van der Waals surface area contributed by atoms with Crippen LogP contribution >= 0.6 is 0 Å². The molecule has 0 unspecified atom stereocenters. The highest BCUT2D eigenvalue weighted by molar-refractivity contribution is 5.97. The smallest absolute Gasteiger partial charge is 0.257 e. The predicted octanol–water partition coefficient (Wildman–Crippen LogP) is 3.44. The Hall–Kier alpha value is -2.78. The molecule has 0 radical (unpaired) electrons. The minimum absolute atomic E-state index is 0.0309. The summed E-state index contributed by atoms with van der Waals surface area (Å²) in [6.07, 6.45) is 5.37. The van der Waals surface area contributed by atoms with Crippen molar-refractivity contribution < 1.29 is 18.7 Å². The Labute approximate surface area is 200 Å². The van der Waals surface area contributed by atoms with Crippen LogP contribution in [0.2, 0.25) is 0 Å². The highest BCUT2D eigenvalue weighted by Crippen LogP contribution is 2.33. The molecule has 9 heteroatoms. The zero-order chi connectivity index (χ0) is 24.1. The topological polar surface area (TPSA) is 71.0 Å². The van der Waals surface area contributed by atoms with Gasteiger partial charge in [0.25, 0.3) is 5.91 Å². The molecule has 0 aliphatic carbocycles. The number of anilines is 1. The highest BCUT2D eigenvalue weighted by atomic mass is 19.1. The van der Waals surface area contributed by atoms with Gasteiger partial charge in [0, 0.05) is 59.0 Å². The Morgan fingerprint density at radius 1 is 1.21 bits per heavy atom. The van der Waals surface area contributed by atoms with Crippen molar-refractivity contribution in [1.82, 2.24) is 19.8 Å². The fourth-order valence-electron chi connectivity index (χ4n) is 4.36. The van der Waals surface area contributed by atoms with Crippen LogP contribution in [-0.2, 0) is 4.74 Å². The third kappa shape index (κ3) is 5.82. The minimum atomic E-state index is -0.488. The standard InChI is InChI=1S/C25H34FN5O3/c1-18(2)29(3)25(32)21-14-20(26)4-5-22(21)34-23-15-27-17-28-24(23)31-10-8-30(9-11-31)16-19-6-12-33-13-7-19/h4-5,14-15,17-19H,6-13,16H2,1-3H3. The van der Waals surface area contributed by atoms with E-state index in [1.807, 2.05) is 13.8 Å². The van der Waals surface area contributed by atoms with Crippen LogP contribution in [-0.4, -0.2) is 84.7 Å². The molecule has 0 bridgehead atoms. The Morgan fingerprint density at radius 2 is 1.94 bits per heavy atom. The zero-order valence-corrected chi connectivity index (χ0v) is 20.2. The minimum Gasteiger partial charge on any atom is -0.451 e. The van der Waals surface area contributed by atoms with Gasteiger partial charge in [-0.15, -0.1) is 0 Å². The number of amides is 1. The number of hydrogen-bond donors (Lipinski definition) is 0. The molecule has 2 saturated heterocycles. The number of carbonyl (C=O) groups excluding carboxylic acids is 1. The lowest BCUT2D eigenvalue weighted by molar-refractivity contribution is 0.0517. The summed E-state index contributed by atoms with van der Waals surface area (Å²) in [5.74, 6) is 1.33. The summed E-state index contributed by atoms with van der Waals surface area (Å²) in [6, 6.07) is 3.96. The maximum absolute atomic E-state index is 14.0. The summed E-state index contributed by atoms with van der Waals surface area (Å²) >= 11 is 0. The maximum Gasteiger partial charge on any atom is 0.257 e. The lowest BCUT2D eigenvalue weighted by Crippen LogP contribution is -2.48. The molecule has 0 spiro atoms. The quantitative estimate of drug-likeness (QED) is 0.613. The number of piperazine rings is 1. The summed E-state index contributed by atoms with van der Waals surface area (Å²) in [4.78, 5) is 27.8. The molecule has 184 valence electrons. The van der Waals surface area contributed by atoms with Gasteiger partial charge in [0.05, 0.1) is 11.8 Å². The second-order valence-electron chi connectivity index (χ2n) is 9.31. The first kappa shape index (κ1) is 24.3. The van der Waals surface area contributed by atoms with Crippen molar-refractivity contribution in [1.29, 1.82) is 0 Å². The van der Waals surface area contributed by atoms with Gasteiger partial charge in [-0.3, -0.25) is 9.69 Å². The molecule has 1 aromatic heterocycles.